The third kappa shape index (κ3) is 1.91. The normalized spacial score (nSPS) is 19.6. The number of hydrogen-bond acceptors (Lipinski definition) is 2. The van der Waals surface area contributed by atoms with Crippen molar-refractivity contribution < 1.29 is 23.8 Å². The molecule has 60 valence electrons. The van der Waals surface area contributed by atoms with Crippen LogP contribution in [0.1, 0.15) is 6.92 Å². The number of aliphatic hydroxyl groups is 1. The summed E-state index contributed by atoms with van der Waals surface area (Å²) in [5.74, 6) is -1.86. The van der Waals surface area contributed by atoms with Crippen molar-refractivity contribution in [2.75, 3.05) is 6.67 Å². The van der Waals surface area contributed by atoms with Gasteiger partial charge in [-0.25, -0.2) is 13.6 Å². The van der Waals surface area contributed by atoms with E-state index in [9.17, 15) is 13.6 Å². The van der Waals surface area contributed by atoms with Crippen LogP contribution in [0, 0.1) is 0 Å². The minimum Gasteiger partial charge on any atom is -0.479 e. The van der Waals surface area contributed by atoms with Gasteiger partial charge in [-0.3, -0.25) is 0 Å². The molecule has 0 amide bonds. The van der Waals surface area contributed by atoms with E-state index < -0.39 is 24.4 Å². The van der Waals surface area contributed by atoms with Crippen LogP contribution in [-0.4, -0.2) is 34.6 Å². The van der Waals surface area contributed by atoms with Crippen molar-refractivity contribution in [3.05, 3.63) is 0 Å². The van der Waals surface area contributed by atoms with Crippen LogP contribution in [-0.2, 0) is 4.79 Å². The van der Waals surface area contributed by atoms with Gasteiger partial charge >= 0.3 is 5.97 Å². The molecule has 0 aromatic heterocycles. The van der Waals surface area contributed by atoms with Crippen LogP contribution in [0.25, 0.3) is 0 Å². The van der Waals surface area contributed by atoms with Crippen LogP contribution < -0.4 is 0 Å². The molecule has 0 fully saturated rings. The molecule has 0 aliphatic heterocycles. The number of alkyl halides is 2. The lowest BCUT2D eigenvalue weighted by Crippen LogP contribution is -2.43. The maximum atomic E-state index is 12.2. The summed E-state index contributed by atoms with van der Waals surface area (Å²) in [6.45, 7) is -0.633. The lowest BCUT2D eigenvalue weighted by molar-refractivity contribution is -0.154. The fourth-order valence-corrected chi connectivity index (χ4v) is 0.334. The van der Waals surface area contributed by atoms with Crippen molar-refractivity contribution in [3.8, 4) is 0 Å². The lowest BCUT2D eigenvalue weighted by Gasteiger charge is -2.19. The number of halogens is 2. The number of rotatable bonds is 3. The third-order valence-corrected chi connectivity index (χ3v) is 1.03. The second-order valence-corrected chi connectivity index (χ2v) is 2.19. The lowest BCUT2D eigenvalue weighted by atomic mass is 10.0. The van der Waals surface area contributed by atoms with Gasteiger partial charge in [0, 0.05) is 0 Å². The second-order valence-electron chi connectivity index (χ2n) is 2.19. The molecule has 2 N–H and O–H groups in total. The Kier molecular flexibility index (Phi) is 2.71. The summed E-state index contributed by atoms with van der Waals surface area (Å²) >= 11 is 0. The van der Waals surface area contributed by atoms with Crippen molar-refractivity contribution in [2.24, 2.45) is 0 Å². The van der Waals surface area contributed by atoms with Gasteiger partial charge in [-0.15, -0.1) is 0 Å². The van der Waals surface area contributed by atoms with E-state index in [0.717, 1.165) is 6.92 Å². The van der Waals surface area contributed by atoms with Gasteiger partial charge in [0.2, 0.25) is 6.17 Å². The smallest absolute Gasteiger partial charge is 0.341 e. The molecule has 0 aromatic carbocycles. The summed E-state index contributed by atoms with van der Waals surface area (Å²) in [5.41, 5.74) is -2.41. The summed E-state index contributed by atoms with van der Waals surface area (Å²) in [6.07, 6.45) is -2.57. The molecule has 0 bridgehead atoms. The molecule has 0 aromatic rings. The predicted octanol–water partition coefficient (Wildman–Crippen LogP) is 0.130. The van der Waals surface area contributed by atoms with Gasteiger partial charge in [-0.05, 0) is 6.92 Å². The molecule has 0 saturated heterocycles. The van der Waals surface area contributed by atoms with Gasteiger partial charge in [-0.2, -0.15) is 0 Å². The highest BCUT2D eigenvalue weighted by Gasteiger charge is 2.37. The monoisotopic (exact) mass is 154 g/mol. The van der Waals surface area contributed by atoms with Gasteiger partial charge in [-0.1, -0.05) is 0 Å². The van der Waals surface area contributed by atoms with Crippen molar-refractivity contribution >= 4 is 5.97 Å². The topological polar surface area (TPSA) is 57.5 Å². The molecule has 0 heterocycles. The summed E-state index contributed by atoms with van der Waals surface area (Å²) in [5, 5.41) is 16.6. The zero-order valence-corrected chi connectivity index (χ0v) is 5.34. The van der Waals surface area contributed by atoms with Crippen LogP contribution in [0.3, 0.4) is 0 Å². The Bertz CT molecular complexity index is 135. The Morgan fingerprint density at radius 3 is 2.30 bits per heavy atom. The minimum absolute atomic E-state index is 0.784. The Morgan fingerprint density at radius 1 is 1.80 bits per heavy atom. The van der Waals surface area contributed by atoms with Gasteiger partial charge in [0.15, 0.2) is 0 Å². The summed E-state index contributed by atoms with van der Waals surface area (Å²) in [7, 11) is 0. The number of carbonyl (C=O) groups is 1. The summed E-state index contributed by atoms with van der Waals surface area (Å²) in [4.78, 5) is 9.80. The minimum atomic E-state index is -2.57. The molecule has 0 spiro atoms. The average molecular weight is 154 g/mol. The van der Waals surface area contributed by atoms with E-state index in [0.29, 0.717) is 0 Å². The highest BCUT2D eigenvalue weighted by Crippen LogP contribution is 2.13. The molecular weight excluding hydrogens is 146 g/mol. The first-order chi connectivity index (χ1) is 4.41. The molecule has 0 radical (unpaired) electrons. The Labute approximate surface area is 56.3 Å². The maximum absolute atomic E-state index is 12.2. The SMILES string of the molecule is CC(O)(CF)C(F)C(=O)O. The molecule has 5 heteroatoms. The first-order valence-electron chi connectivity index (χ1n) is 2.57. The van der Waals surface area contributed by atoms with E-state index in [4.69, 9.17) is 10.2 Å². The number of hydrogen-bond donors (Lipinski definition) is 2. The first-order valence-corrected chi connectivity index (χ1v) is 2.57. The van der Waals surface area contributed by atoms with Crippen molar-refractivity contribution in [3.63, 3.8) is 0 Å². The summed E-state index contributed by atoms with van der Waals surface area (Å²) in [6, 6.07) is 0. The van der Waals surface area contributed by atoms with Crippen LogP contribution in [0.2, 0.25) is 0 Å². The Hall–Kier alpha value is -0.710. The third-order valence-electron chi connectivity index (χ3n) is 1.03. The molecule has 0 saturated carbocycles. The van der Waals surface area contributed by atoms with Gasteiger partial charge in [0.1, 0.15) is 12.3 Å². The van der Waals surface area contributed by atoms with Crippen molar-refractivity contribution in [1.82, 2.24) is 0 Å². The van der Waals surface area contributed by atoms with E-state index in [1.54, 1.807) is 0 Å². The molecule has 2 unspecified atom stereocenters. The zero-order chi connectivity index (χ0) is 8.36. The van der Waals surface area contributed by atoms with Crippen LogP contribution in [0.15, 0.2) is 0 Å². The van der Waals surface area contributed by atoms with E-state index in [1.165, 1.54) is 0 Å². The molecular formula is C5H8F2O3. The number of aliphatic carboxylic acids is 1. The second kappa shape index (κ2) is 2.92. The molecule has 2 atom stereocenters. The van der Waals surface area contributed by atoms with Crippen LogP contribution in [0.4, 0.5) is 8.78 Å². The Balaban J connectivity index is 4.17. The van der Waals surface area contributed by atoms with E-state index in [-0.39, 0.29) is 0 Å². The highest BCUT2D eigenvalue weighted by atomic mass is 19.1. The fraction of sp³-hybridized carbons (Fsp3) is 0.800. The molecule has 10 heavy (non-hydrogen) atoms. The molecule has 0 aliphatic carbocycles. The first kappa shape index (κ1) is 9.29. The fourth-order valence-electron chi connectivity index (χ4n) is 0.334. The number of carboxylic acid groups (broad SMARTS) is 1. The van der Waals surface area contributed by atoms with Gasteiger partial charge in [0.05, 0.1) is 0 Å². The van der Waals surface area contributed by atoms with E-state index in [1.807, 2.05) is 0 Å². The van der Waals surface area contributed by atoms with E-state index in [2.05, 4.69) is 0 Å². The van der Waals surface area contributed by atoms with E-state index >= 15 is 0 Å². The standard InChI is InChI=1S/C5H8F2O3/c1-5(10,2-6)3(7)4(8)9/h3,10H,2H2,1H3,(H,8,9). The predicted molar refractivity (Wildman–Crippen MR) is 29.1 cm³/mol. The van der Waals surface area contributed by atoms with Gasteiger partial charge < -0.3 is 10.2 Å². The molecule has 3 nitrogen and oxygen atoms in total. The Morgan fingerprint density at radius 2 is 2.20 bits per heavy atom. The zero-order valence-electron chi connectivity index (χ0n) is 5.34. The maximum Gasteiger partial charge on any atom is 0.341 e. The number of carboxylic acids is 1. The van der Waals surface area contributed by atoms with Gasteiger partial charge in [0.25, 0.3) is 0 Å². The quantitative estimate of drug-likeness (QED) is 0.607. The molecule has 0 aliphatic rings. The average Bonchev–Trinajstić information content (AvgIpc) is 1.86. The van der Waals surface area contributed by atoms with Crippen LogP contribution in [0.5, 0.6) is 0 Å². The van der Waals surface area contributed by atoms with Crippen molar-refractivity contribution in [2.45, 2.75) is 18.7 Å². The summed E-state index contributed by atoms with van der Waals surface area (Å²) < 4.78 is 23.8. The largest absolute Gasteiger partial charge is 0.479 e. The highest BCUT2D eigenvalue weighted by molar-refractivity contribution is 5.73. The molecule has 0 rings (SSSR count). The van der Waals surface area contributed by atoms with Crippen molar-refractivity contribution in [1.29, 1.82) is 0 Å². The van der Waals surface area contributed by atoms with Crippen LogP contribution >= 0.6 is 0 Å².